The molecule has 10 aromatic carbocycles. The number of aryl methyl sites for hydroxylation is 4. The smallest absolute Gasteiger partial charge is 0.230 e. The number of hydrogen-bond acceptors (Lipinski definition) is 3. The van der Waals surface area contributed by atoms with Crippen LogP contribution in [0.25, 0.3) is 144 Å². The molecule has 0 spiro atoms. The molecular formula is C70H48N6O. The largest absolute Gasteiger partial charge is 0.436 e. The van der Waals surface area contributed by atoms with Crippen LogP contribution < -0.4 is 0 Å². The van der Waals surface area contributed by atoms with Crippen molar-refractivity contribution >= 4 is 98.3 Å². The normalized spacial score (nSPS) is 12.2. The highest BCUT2D eigenvalue weighted by Gasteiger charge is 2.37. The second-order valence-corrected chi connectivity index (χ2v) is 20.9. The van der Waals surface area contributed by atoms with Crippen LogP contribution in [0, 0.1) is 27.7 Å². The first-order valence-corrected chi connectivity index (χ1v) is 26.4. The van der Waals surface area contributed by atoms with Gasteiger partial charge in [0.2, 0.25) is 5.89 Å². The van der Waals surface area contributed by atoms with Gasteiger partial charge in [0.1, 0.15) is 5.52 Å². The maximum absolute atomic E-state index is 7.34. The van der Waals surface area contributed by atoms with Crippen LogP contribution >= 0.6 is 0 Å². The van der Waals surface area contributed by atoms with Crippen LogP contribution in [0.3, 0.4) is 0 Å². The monoisotopic (exact) mass is 988 g/mol. The van der Waals surface area contributed by atoms with Crippen LogP contribution in [0.15, 0.2) is 223 Å². The highest BCUT2D eigenvalue weighted by atomic mass is 16.3. The number of aromatic nitrogens is 6. The van der Waals surface area contributed by atoms with Gasteiger partial charge in [0.05, 0.1) is 72.4 Å². The average molecular weight is 989 g/mol. The maximum Gasteiger partial charge on any atom is 0.230 e. The zero-order valence-corrected chi connectivity index (χ0v) is 42.9. The minimum absolute atomic E-state index is 0.506. The number of benzene rings is 10. The minimum Gasteiger partial charge on any atom is -0.436 e. The van der Waals surface area contributed by atoms with Gasteiger partial charge in [-0.05, 0) is 130 Å². The second kappa shape index (κ2) is 16.3. The van der Waals surface area contributed by atoms with Crippen LogP contribution in [0.2, 0.25) is 0 Å². The molecule has 77 heavy (non-hydrogen) atoms. The lowest BCUT2D eigenvalue weighted by molar-refractivity contribution is 0.619. The zero-order valence-electron chi connectivity index (χ0n) is 42.9. The van der Waals surface area contributed by atoms with Gasteiger partial charge in [0, 0.05) is 61.0 Å². The molecule has 7 nitrogen and oxygen atoms in total. The van der Waals surface area contributed by atoms with Gasteiger partial charge in [0.15, 0.2) is 5.58 Å². The van der Waals surface area contributed by atoms with E-state index in [1.165, 1.54) is 43.8 Å². The molecule has 364 valence electrons. The van der Waals surface area contributed by atoms with Crippen LogP contribution in [0.4, 0.5) is 0 Å². The molecule has 0 aliphatic rings. The van der Waals surface area contributed by atoms with Gasteiger partial charge < -0.3 is 22.7 Å². The molecule has 7 heteroatoms. The third-order valence-corrected chi connectivity index (χ3v) is 16.1. The van der Waals surface area contributed by atoms with E-state index in [-0.39, 0.29) is 0 Å². The molecule has 0 amide bonds. The standard InChI is InChI=1S/C70H48N6O/c1-41-25-29-59-50(37-41)46-15-5-10-20-55(46)73(59)66-64(45-33-35-71-36-34-45)65(70-72-54-19-9-14-24-63(54)77-70)67(74-56-21-11-6-16-47(56)51-38-42(2)26-30-60(51)74)69(76-58-23-13-8-18-49(58)53-40-44(4)28-32-62(53)76)68(66)75-57-22-12-7-17-48(57)52-39-43(3)27-31-61(52)75/h5-40H,1-4H3. The van der Waals surface area contributed by atoms with Crippen molar-refractivity contribution in [3.63, 3.8) is 0 Å². The quantitative estimate of drug-likeness (QED) is 0.167. The molecule has 0 saturated carbocycles. The van der Waals surface area contributed by atoms with E-state index in [1.54, 1.807) is 0 Å². The number of oxazole rings is 1. The zero-order chi connectivity index (χ0) is 51.2. The van der Waals surface area contributed by atoms with E-state index in [4.69, 9.17) is 14.4 Å². The molecular weight excluding hydrogens is 941 g/mol. The van der Waals surface area contributed by atoms with Gasteiger partial charge in [-0.1, -0.05) is 131 Å². The van der Waals surface area contributed by atoms with E-state index < -0.39 is 0 Å². The van der Waals surface area contributed by atoms with Gasteiger partial charge >= 0.3 is 0 Å². The molecule has 16 aromatic rings. The van der Waals surface area contributed by atoms with Crippen molar-refractivity contribution in [3.8, 4) is 45.3 Å². The third-order valence-electron chi connectivity index (χ3n) is 16.1. The van der Waals surface area contributed by atoms with Gasteiger partial charge in [-0.15, -0.1) is 0 Å². The summed E-state index contributed by atoms with van der Waals surface area (Å²) >= 11 is 0. The van der Waals surface area contributed by atoms with Gasteiger partial charge in [0.25, 0.3) is 0 Å². The van der Waals surface area contributed by atoms with Crippen molar-refractivity contribution in [1.82, 2.24) is 28.2 Å². The first-order chi connectivity index (χ1) is 37.9. The summed E-state index contributed by atoms with van der Waals surface area (Å²) in [6.07, 6.45) is 3.83. The van der Waals surface area contributed by atoms with Crippen molar-refractivity contribution < 1.29 is 4.42 Å². The van der Waals surface area contributed by atoms with Gasteiger partial charge in [-0.2, -0.15) is 0 Å². The Balaban J connectivity index is 1.31. The number of nitrogens with zero attached hydrogens (tertiary/aromatic N) is 6. The molecule has 0 bridgehead atoms. The van der Waals surface area contributed by atoms with E-state index in [0.717, 1.165) is 111 Å². The molecule has 0 aliphatic heterocycles. The fourth-order valence-electron chi connectivity index (χ4n) is 12.9. The van der Waals surface area contributed by atoms with Crippen molar-refractivity contribution in [2.45, 2.75) is 27.7 Å². The maximum atomic E-state index is 7.34. The Morgan fingerprint density at radius 2 is 0.649 bits per heavy atom. The molecule has 6 heterocycles. The molecule has 0 saturated heterocycles. The highest BCUT2D eigenvalue weighted by molar-refractivity contribution is 6.18. The summed E-state index contributed by atoms with van der Waals surface area (Å²) in [4.78, 5) is 10.3. The molecule has 0 N–H and O–H groups in total. The summed E-state index contributed by atoms with van der Waals surface area (Å²) in [7, 11) is 0. The Labute approximate surface area is 442 Å². The lowest BCUT2D eigenvalue weighted by Gasteiger charge is -2.30. The number of hydrogen-bond donors (Lipinski definition) is 0. The Bertz CT molecular complexity index is 5120. The molecule has 0 radical (unpaired) electrons. The Morgan fingerprint density at radius 1 is 0.312 bits per heavy atom. The van der Waals surface area contributed by atoms with Crippen molar-refractivity contribution in [2.24, 2.45) is 0 Å². The predicted octanol–water partition coefficient (Wildman–Crippen LogP) is 18.2. The summed E-state index contributed by atoms with van der Waals surface area (Å²) in [5.41, 5.74) is 21.5. The van der Waals surface area contributed by atoms with Crippen molar-refractivity contribution in [1.29, 1.82) is 0 Å². The van der Waals surface area contributed by atoms with Crippen molar-refractivity contribution in [3.05, 3.63) is 241 Å². The number of pyridine rings is 1. The SMILES string of the molecule is Cc1ccc2c(c1)c1ccccc1n2-c1c(-c2ccncc2)c(-c2nc3ccccc3o2)c(-n2c3ccccc3c3cc(C)ccc32)c(-n2c3ccccc3c3cc(C)ccc32)c1-n1c2ccccc2c2cc(C)ccc21. The van der Waals surface area contributed by atoms with Crippen LogP contribution in [-0.4, -0.2) is 28.2 Å². The van der Waals surface area contributed by atoms with Crippen LogP contribution in [0.1, 0.15) is 22.3 Å². The van der Waals surface area contributed by atoms with Gasteiger partial charge in [-0.25, -0.2) is 4.98 Å². The third kappa shape index (κ3) is 6.19. The first-order valence-electron chi connectivity index (χ1n) is 26.4. The Morgan fingerprint density at radius 3 is 1.05 bits per heavy atom. The Hall–Kier alpha value is -9.98. The summed E-state index contributed by atoms with van der Waals surface area (Å²) in [5, 5.41) is 9.32. The molecule has 0 aliphatic carbocycles. The van der Waals surface area contributed by atoms with Gasteiger partial charge in [-0.3, -0.25) is 4.98 Å². The lowest BCUT2D eigenvalue weighted by atomic mass is 9.92. The van der Waals surface area contributed by atoms with Crippen LogP contribution in [-0.2, 0) is 0 Å². The van der Waals surface area contributed by atoms with Crippen molar-refractivity contribution in [2.75, 3.05) is 0 Å². The number of fused-ring (bicyclic) bond motifs is 13. The first kappa shape index (κ1) is 43.4. The summed E-state index contributed by atoms with van der Waals surface area (Å²) < 4.78 is 17.5. The fourth-order valence-corrected chi connectivity index (χ4v) is 12.9. The summed E-state index contributed by atoms with van der Waals surface area (Å²) in [5.74, 6) is 0.506. The fraction of sp³-hybridized carbons (Fsp3) is 0.0571. The summed E-state index contributed by atoms with van der Waals surface area (Å²) in [6.45, 7) is 8.77. The Kier molecular flexibility index (Phi) is 9.17. The molecule has 0 fully saturated rings. The topological polar surface area (TPSA) is 58.6 Å². The van der Waals surface area contributed by atoms with E-state index in [1.807, 2.05) is 30.6 Å². The molecule has 16 rings (SSSR count). The molecule has 0 unspecified atom stereocenters. The summed E-state index contributed by atoms with van der Waals surface area (Å²) in [6, 6.07) is 75.7. The highest BCUT2D eigenvalue weighted by Crippen LogP contribution is 2.54. The minimum atomic E-state index is 0.506. The van der Waals surface area contributed by atoms with E-state index in [9.17, 15) is 0 Å². The predicted molar refractivity (Wildman–Crippen MR) is 319 cm³/mol. The van der Waals surface area contributed by atoms with E-state index in [0.29, 0.717) is 11.5 Å². The van der Waals surface area contributed by atoms with E-state index in [2.05, 4.69) is 234 Å². The lowest BCUT2D eigenvalue weighted by Crippen LogP contribution is -2.16. The number of rotatable bonds is 6. The number of para-hydroxylation sites is 6. The second-order valence-electron chi connectivity index (χ2n) is 20.9. The molecule has 6 aromatic heterocycles. The molecule has 0 atom stereocenters. The average Bonchev–Trinajstić information content (AvgIpc) is 4.48. The van der Waals surface area contributed by atoms with Crippen LogP contribution in [0.5, 0.6) is 0 Å². The van der Waals surface area contributed by atoms with E-state index >= 15 is 0 Å².